The highest BCUT2D eigenvalue weighted by Crippen LogP contribution is 2.39. The molecule has 1 aliphatic heterocycles. The first-order valence-corrected chi connectivity index (χ1v) is 8.07. The Morgan fingerprint density at radius 3 is 2.05 bits per heavy atom. The molecule has 0 spiro atoms. The predicted octanol–water partition coefficient (Wildman–Crippen LogP) is 3.83. The normalized spacial score (nSPS) is 20.3. The van der Waals surface area contributed by atoms with Gasteiger partial charge in [-0.15, -0.1) is 0 Å². The summed E-state index contributed by atoms with van der Waals surface area (Å²) < 4.78 is 12.1. The van der Waals surface area contributed by atoms with Gasteiger partial charge in [-0.2, -0.15) is 12.6 Å². The van der Waals surface area contributed by atoms with E-state index in [0.717, 1.165) is 11.0 Å². The summed E-state index contributed by atoms with van der Waals surface area (Å²) in [6.07, 6.45) is 2.01. The fraction of sp³-hybridized carbons (Fsp3) is 0.471. The molecule has 0 aromatic heterocycles. The first-order chi connectivity index (χ1) is 10.2. The molecule has 0 aliphatic carbocycles. The van der Waals surface area contributed by atoms with Gasteiger partial charge < -0.3 is 9.31 Å². The largest absolute Gasteiger partial charge is 0.491 e. The standard InChI is InChI=1S/C17H23BO3S/c1-12(19)14-8-6-13(7-9-14)10-15(11-22)18-20-16(2,3)17(4,5)21-18/h6-10,22H,11H2,1-5H3. The minimum absolute atomic E-state index is 0.0657. The van der Waals surface area contributed by atoms with Crippen LogP contribution in [0.1, 0.15) is 50.5 Å². The maximum absolute atomic E-state index is 11.3. The zero-order valence-electron chi connectivity index (χ0n) is 13.8. The second kappa shape index (κ2) is 6.22. The number of carbonyl (C=O) groups excluding carboxylic acids is 1. The molecule has 1 aliphatic rings. The topological polar surface area (TPSA) is 35.5 Å². The maximum atomic E-state index is 11.3. The minimum Gasteiger partial charge on any atom is -0.400 e. The fourth-order valence-corrected chi connectivity index (χ4v) is 2.45. The van der Waals surface area contributed by atoms with Gasteiger partial charge in [0.15, 0.2) is 5.78 Å². The van der Waals surface area contributed by atoms with Crippen LogP contribution in [-0.2, 0) is 9.31 Å². The average molecular weight is 318 g/mol. The van der Waals surface area contributed by atoms with Gasteiger partial charge in [-0.1, -0.05) is 30.3 Å². The van der Waals surface area contributed by atoms with Crippen molar-refractivity contribution >= 4 is 31.6 Å². The average Bonchev–Trinajstić information content (AvgIpc) is 2.65. The van der Waals surface area contributed by atoms with Crippen LogP contribution in [0, 0.1) is 0 Å². The predicted molar refractivity (Wildman–Crippen MR) is 94.4 cm³/mol. The molecule has 1 fully saturated rings. The first kappa shape index (κ1) is 17.3. The van der Waals surface area contributed by atoms with Crippen LogP contribution in [0.2, 0.25) is 0 Å². The van der Waals surface area contributed by atoms with Crippen molar-refractivity contribution in [3.05, 3.63) is 40.9 Å². The summed E-state index contributed by atoms with van der Waals surface area (Å²) in [4.78, 5) is 11.3. The van der Waals surface area contributed by atoms with Crippen LogP contribution in [0.3, 0.4) is 0 Å². The van der Waals surface area contributed by atoms with Gasteiger partial charge in [0.25, 0.3) is 0 Å². The van der Waals surface area contributed by atoms with Gasteiger partial charge in [0.1, 0.15) is 0 Å². The zero-order chi connectivity index (χ0) is 16.5. The lowest BCUT2D eigenvalue weighted by Crippen LogP contribution is -2.41. The van der Waals surface area contributed by atoms with Crippen molar-refractivity contribution in [2.45, 2.75) is 45.8 Å². The van der Waals surface area contributed by atoms with E-state index >= 15 is 0 Å². The lowest BCUT2D eigenvalue weighted by atomic mass is 9.78. The van der Waals surface area contributed by atoms with Crippen molar-refractivity contribution in [2.24, 2.45) is 0 Å². The van der Waals surface area contributed by atoms with Gasteiger partial charge in [-0.3, -0.25) is 4.79 Å². The molecule has 0 saturated carbocycles. The summed E-state index contributed by atoms with van der Waals surface area (Å²) in [7, 11) is -0.394. The van der Waals surface area contributed by atoms with Crippen molar-refractivity contribution in [3.63, 3.8) is 0 Å². The second-order valence-electron chi connectivity index (χ2n) is 6.64. The molecule has 2 rings (SSSR count). The van der Waals surface area contributed by atoms with Gasteiger partial charge in [-0.05, 0) is 45.7 Å². The minimum atomic E-state index is -0.394. The third-order valence-electron chi connectivity index (χ3n) is 4.41. The number of benzene rings is 1. The third-order valence-corrected chi connectivity index (χ3v) is 4.77. The van der Waals surface area contributed by atoms with Crippen molar-refractivity contribution in [2.75, 3.05) is 5.75 Å². The molecular formula is C17H23BO3S. The summed E-state index contributed by atoms with van der Waals surface area (Å²) in [6, 6.07) is 7.50. The Balaban J connectivity index is 2.23. The Morgan fingerprint density at radius 2 is 1.64 bits per heavy atom. The van der Waals surface area contributed by atoms with Gasteiger partial charge in [0, 0.05) is 11.3 Å². The number of Topliss-reactive ketones (excluding diaryl/α,β-unsaturated/α-hetero) is 1. The van der Waals surface area contributed by atoms with E-state index < -0.39 is 7.12 Å². The van der Waals surface area contributed by atoms with E-state index in [1.165, 1.54) is 0 Å². The number of hydrogen-bond donors (Lipinski definition) is 1. The fourth-order valence-electron chi connectivity index (χ4n) is 2.21. The maximum Gasteiger partial charge on any atom is 0.491 e. The molecule has 22 heavy (non-hydrogen) atoms. The van der Waals surface area contributed by atoms with Crippen LogP contribution in [0.15, 0.2) is 29.7 Å². The van der Waals surface area contributed by atoms with E-state index in [1.54, 1.807) is 6.92 Å². The zero-order valence-corrected chi connectivity index (χ0v) is 14.7. The van der Waals surface area contributed by atoms with Crippen LogP contribution in [0.4, 0.5) is 0 Å². The second-order valence-corrected chi connectivity index (χ2v) is 6.96. The van der Waals surface area contributed by atoms with E-state index in [9.17, 15) is 4.79 Å². The van der Waals surface area contributed by atoms with Gasteiger partial charge in [-0.25, -0.2) is 0 Å². The number of thiol groups is 1. The summed E-state index contributed by atoms with van der Waals surface area (Å²) in [5.74, 6) is 0.613. The number of rotatable bonds is 4. The van der Waals surface area contributed by atoms with Crippen molar-refractivity contribution in [3.8, 4) is 0 Å². The molecule has 1 aromatic carbocycles. The van der Waals surface area contributed by atoms with Crippen LogP contribution in [0.5, 0.6) is 0 Å². The molecule has 0 unspecified atom stereocenters. The number of ketones is 1. The Labute approximate surface area is 138 Å². The van der Waals surface area contributed by atoms with Crippen molar-refractivity contribution < 1.29 is 14.1 Å². The highest BCUT2D eigenvalue weighted by atomic mass is 32.1. The van der Waals surface area contributed by atoms with E-state index in [-0.39, 0.29) is 17.0 Å². The molecule has 0 radical (unpaired) electrons. The van der Waals surface area contributed by atoms with Crippen LogP contribution >= 0.6 is 12.6 Å². The summed E-state index contributed by atoms with van der Waals surface area (Å²) >= 11 is 4.41. The Hall–Kier alpha value is -1.04. The van der Waals surface area contributed by atoms with Crippen molar-refractivity contribution in [1.82, 2.24) is 0 Å². The number of hydrogen-bond acceptors (Lipinski definition) is 4. The Morgan fingerprint density at radius 1 is 1.14 bits per heavy atom. The van der Waals surface area contributed by atoms with Gasteiger partial charge >= 0.3 is 7.12 Å². The molecule has 5 heteroatoms. The summed E-state index contributed by atoms with van der Waals surface area (Å²) in [6.45, 7) is 9.69. The molecule has 0 N–H and O–H groups in total. The summed E-state index contributed by atoms with van der Waals surface area (Å²) in [5, 5.41) is 0. The SMILES string of the molecule is CC(=O)c1ccc(C=C(CS)B2OC(C)(C)C(C)(C)O2)cc1. The lowest BCUT2D eigenvalue weighted by molar-refractivity contribution is 0.00578. The molecule has 1 aromatic rings. The molecule has 0 bridgehead atoms. The smallest absolute Gasteiger partial charge is 0.400 e. The number of carbonyl (C=O) groups is 1. The van der Waals surface area contributed by atoms with Crippen LogP contribution in [-0.4, -0.2) is 29.9 Å². The third kappa shape index (κ3) is 3.48. The van der Waals surface area contributed by atoms with E-state index in [2.05, 4.69) is 12.6 Å². The first-order valence-electron chi connectivity index (χ1n) is 7.44. The molecule has 1 heterocycles. The lowest BCUT2D eigenvalue weighted by Gasteiger charge is -2.32. The Bertz CT molecular complexity index is 574. The molecular weight excluding hydrogens is 295 g/mol. The molecule has 0 amide bonds. The highest BCUT2D eigenvalue weighted by Gasteiger charge is 2.52. The van der Waals surface area contributed by atoms with E-state index in [0.29, 0.717) is 11.3 Å². The van der Waals surface area contributed by atoms with Crippen LogP contribution < -0.4 is 0 Å². The Kier molecular flexibility index (Phi) is 4.90. The highest BCUT2D eigenvalue weighted by molar-refractivity contribution is 7.80. The van der Waals surface area contributed by atoms with E-state index in [1.807, 2.05) is 58.0 Å². The van der Waals surface area contributed by atoms with Crippen molar-refractivity contribution in [1.29, 1.82) is 0 Å². The summed E-state index contributed by atoms with van der Waals surface area (Å²) in [5.41, 5.74) is 1.96. The molecule has 0 atom stereocenters. The van der Waals surface area contributed by atoms with Gasteiger partial charge in [0.05, 0.1) is 11.2 Å². The molecule has 118 valence electrons. The molecule has 3 nitrogen and oxygen atoms in total. The van der Waals surface area contributed by atoms with Gasteiger partial charge in [0.2, 0.25) is 0 Å². The monoisotopic (exact) mass is 318 g/mol. The van der Waals surface area contributed by atoms with E-state index in [4.69, 9.17) is 9.31 Å². The molecule has 1 saturated heterocycles. The van der Waals surface area contributed by atoms with Crippen LogP contribution in [0.25, 0.3) is 6.08 Å². The quantitative estimate of drug-likeness (QED) is 0.520.